The van der Waals surface area contributed by atoms with Gasteiger partial charge in [-0.25, -0.2) is 0 Å². The van der Waals surface area contributed by atoms with E-state index in [1.165, 1.54) is 5.56 Å². The van der Waals surface area contributed by atoms with Crippen LogP contribution in [0.3, 0.4) is 0 Å². The molecular formula is C18H21N5O. The molecule has 0 unspecified atom stereocenters. The van der Waals surface area contributed by atoms with Gasteiger partial charge in [-0.1, -0.05) is 31.2 Å². The maximum atomic E-state index is 12.3. The number of aryl methyl sites for hydroxylation is 2. The number of rotatable bonds is 6. The van der Waals surface area contributed by atoms with Crippen LogP contribution in [0, 0.1) is 0 Å². The van der Waals surface area contributed by atoms with Crippen LogP contribution >= 0.6 is 0 Å². The summed E-state index contributed by atoms with van der Waals surface area (Å²) in [6.07, 6.45) is 4.67. The van der Waals surface area contributed by atoms with Crippen LogP contribution in [0.1, 0.15) is 40.3 Å². The number of nitrogens with zero attached hydrogens (tertiary/aromatic N) is 5. The van der Waals surface area contributed by atoms with Crippen LogP contribution < -0.4 is 0 Å². The Morgan fingerprint density at radius 2 is 2.08 bits per heavy atom. The van der Waals surface area contributed by atoms with E-state index in [1.807, 2.05) is 30.8 Å². The van der Waals surface area contributed by atoms with Crippen LogP contribution in [0.4, 0.5) is 0 Å². The Hall–Kier alpha value is -2.76. The molecule has 3 aromatic rings. The Kier molecular flexibility index (Phi) is 4.55. The highest BCUT2D eigenvalue weighted by atomic mass is 16.1. The Labute approximate surface area is 141 Å². The molecule has 24 heavy (non-hydrogen) atoms. The molecule has 0 amide bonds. The van der Waals surface area contributed by atoms with E-state index in [0.717, 1.165) is 17.8 Å². The van der Waals surface area contributed by atoms with Crippen molar-refractivity contribution in [3.8, 4) is 0 Å². The van der Waals surface area contributed by atoms with Gasteiger partial charge in [0.15, 0.2) is 5.78 Å². The summed E-state index contributed by atoms with van der Waals surface area (Å²) >= 11 is 0. The van der Waals surface area contributed by atoms with Gasteiger partial charge in [0.2, 0.25) is 0 Å². The number of benzene rings is 1. The number of carbonyl (C=O) groups is 1. The fourth-order valence-corrected chi connectivity index (χ4v) is 2.73. The van der Waals surface area contributed by atoms with E-state index in [-0.39, 0.29) is 5.78 Å². The molecule has 0 bridgehead atoms. The molecule has 0 aliphatic carbocycles. The second-order valence-electron chi connectivity index (χ2n) is 6.18. The number of aromatic nitrogens is 5. The van der Waals surface area contributed by atoms with Gasteiger partial charge in [-0.3, -0.25) is 9.48 Å². The molecule has 3 rings (SSSR count). The highest BCUT2D eigenvalue weighted by Crippen LogP contribution is 2.21. The number of carbonyl (C=O) groups excluding carboxylic acids is 1. The summed E-state index contributed by atoms with van der Waals surface area (Å²) in [5.74, 6) is 1.30. The predicted octanol–water partition coefficient (Wildman–Crippen LogP) is 2.32. The van der Waals surface area contributed by atoms with Gasteiger partial charge >= 0.3 is 0 Å². The molecule has 0 N–H and O–H groups in total. The normalized spacial score (nSPS) is 12.3. The fourth-order valence-electron chi connectivity index (χ4n) is 2.73. The van der Waals surface area contributed by atoms with Crippen molar-refractivity contribution < 1.29 is 4.79 Å². The quantitative estimate of drug-likeness (QED) is 0.653. The van der Waals surface area contributed by atoms with Crippen LogP contribution in [0.15, 0.2) is 42.9 Å². The van der Waals surface area contributed by atoms with Crippen LogP contribution in [0.5, 0.6) is 0 Å². The zero-order valence-electron chi connectivity index (χ0n) is 14.2. The second kappa shape index (κ2) is 6.78. The first-order valence-corrected chi connectivity index (χ1v) is 7.97. The minimum Gasteiger partial charge on any atom is -0.321 e. The monoisotopic (exact) mass is 323 g/mol. The van der Waals surface area contributed by atoms with E-state index in [2.05, 4.69) is 34.4 Å². The van der Waals surface area contributed by atoms with Crippen molar-refractivity contribution in [1.29, 1.82) is 0 Å². The zero-order valence-corrected chi connectivity index (χ0v) is 14.2. The van der Waals surface area contributed by atoms with Gasteiger partial charge in [0.05, 0.1) is 0 Å². The van der Waals surface area contributed by atoms with Crippen molar-refractivity contribution >= 4 is 5.78 Å². The third kappa shape index (κ3) is 3.59. The fraction of sp³-hybridized carbons (Fsp3) is 0.333. The van der Waals surface area contributed by atoms with E-state index in [9.17, 15) is 4.79 Å². The third-order valence-corrected chi connectivity index (χ3v) is 4.18. The van der Waals surface area contributed by atoms with Gasteiger partial charge in [0, 0.05) is 33.1 Å². The molecule has 0 saturated heterocycles. The molecular weight excluding hydrogens is 302 g/mol. The number of Topliss-reactive ketones (excluding diaryl/α,β-unsaturated/α-hetero) is 1. The van der Waals surface area contributed by atoms with Crippen molar-refractivity contribution in [2.24, 2.45) is 14.1 Å². The average molecular weight is 323 g/mol. The van der Waals surface area contributed by atoms with Crippen molar-refractivity contribution in [2.75, 3.05) is 0 Å². The van der Waals surface area contributed by atoms with Gasteiger partial charge in [0.1, 0.15) is 17.8 Å². The van der Waals surface area contributed by atoms with Crippen LogP contribution in [0.2, 0.25) is 0 Å². The summed E-state index contributed by atoms with van der Waals surface area (Å²) < 4.78 is 3.58. The third-order valence-electron chi connectivity index (χ3n) is 4.18. The summed E-state index contributed by atoms with van der Waals surface area (Å²) in [6, 6.07) is 9.93. The molecule has 0 aliphatic rings. The SMILES string of the molecule is C[C@H](Cc1nncn1C)c1cccc(CC(=O)c2ccn(C)n2)c1. The maximum absolute atomic E-state index is 12.3. The number of ketones is 1. The minimum atomic E-state index is 0.0358. The summed E-state index contributed by atoms with van der Waals surface area (Å²) in [4.78, 5) is 12.3. The molecule has 0 fully saturated rings. The standard InChI is InChI=1S/C18H21N5O/c1-13(9-18-20-19-12-22(18)2)15-6-4-5-14(10-15)11-17(24)16-7-8-23(3)21-16/h4-8,10,12-13H,9,11H2,1-3H3/t13-/m1/s1. The Morgan fingerprint density at radius 1 is 1.25 bits per heavy atom. The molecule has 1 aromatic carbocycles. The van der Waals surface area contributed by atoms with Crippen LogP contribution in [-0.2, 0) is 26.9 Å². The van der Waals surface area contributed by atoms with Gasteiger partial charge < -0.3 is 4.57 Å². The van der Waals surface area contributed by atoms with E-state index < -0.39 is 0 Å². The summed E-state index contributed by atoms with van der Waals surface area (Å²) in [6.45, 7) is 2.16. The summed E-state index contributed by atoms with van der Waals surface area (Å²) in [5.41, 5.74) is 2.72. The molecule has 0 radical (unpaired) electrons. The topological polar surface area (TPSA) is 65.6 Å². The molecule has 0 aliphatic heterocycles. The van der Waals surface area contributed by atoms with E-state index in [4.69, 9.17) is 0 Å². The van der Waals surface area contributed by atoms with Crippen molar-refractivity contribution in [1.82, 2.24) is 24.5 Å². The molecule has 2 heterocycles. The average Bonchev–Trinajstić information content (AvgIpc) is 3.17. The lowest BCUT2D eigenvalue weighted by molar-refractivity contribution is 0.0987. The molecule has 0 saturated carbocycles. The maximum Gasteiger partial charge on any atom is 0.187 e. The van der Waals surface area contributed by atoms with E-state index in [1.54, 1.807) is 23.3 Å². The first-order valence-electron chi connectivity index (χ1n) is 7.97. The predicted molar refractivity (Wildman–Crippen MR) is 90.8 cm³/mol. The Balaban J connectivity index is 1.71. The summed E-state index contributed by atoms with van der Waals surface area (Å²) in [5, 5.41) is 12.2. The first-order chi connectivity index (χ1) is 11.5. The Morgan fingerprint density at radius 3 is 2.75 bits per heavy atom. The van der Waals surface area contributed by atoms with Crippen molar-refractivity contribution in [3.05, 3.63) is 65.5 Å². The van der Waals surface area contributed by atoms with Gasteiger partial charge in [0.25, 0.3) is 0 Å². The second-order valence-corrected chi connectivity index (χ2v) is 6.18. The van der Waals surface area contributed by atoms with E-state index in [0.29, 0.717) is 18.0 Å². The molecule has 124 valence electrons. The molecule has 6 nitrogen and oxygen atoms in total. The molecule has 2 aromatic heterocycles. The largest absolute Gasteiger partial charge is 0.321 e. The van der Waals surface area contributed by atoms with Gasteiger partial charge in [-0.15, -0.1) is 10.2 Å². The molecule has 0 spiro atoms. The smallest absolute Gasteiger partial charge is 0.187 e. The lowest BCUT2D eigenvalue weighted by Crippen LogP contribution is -2.07. The molecule has 1 atom stereocenters. The lowest BCUT2D eigenvalue weighted by Gasteiger charge is -2.12. The first kappa shape index (κ1) is 16.1. The highest BCUT2D eigenvalue weighted by molar-refractivity contribution is 5.95. The molecule has 6 heteroatoms. The lowest BCUT2D eigenvalue weighted by atomic mass is 9.94. The van der Waals surface area contributed by atoms with Crippen LogP contribution in [0.25, 0.3) is 0 Å². The van der Waals surface area contributed by atoms with Gasteiger partial charge in [-0.2, -0.15) is 5.10 Å². The van der Waals surface area contributed by atoms with Gasteiger partial charge in [-0.05, 0) is 23.1 Å². The minimum absolute atomic E-state index is 0.0358. The van der Waals surface area contributed by atoms with Crippen LogP contribution in [-0.4, -0.2) is 30.3 Å². The highest BCUT2D eigenvalue weighted by Gasteiger charge is 2.13. The Bertz CT molecular complexity index is 848. The number of hydrogen-bond donors (Lipinski definition) is 0. The number of hydrogen-bond acceptors (Lipinski definition) is 4. The van der Waals surface area contributed by atoms with Crippen molar-refractivity contribution in [2.45, 2.75) is 25.7 Å². The van der Waals surface area contributed by atoms with Crippen molar-refractivity contribution in [3.63, 3.8) is 0 Å². The summed E-state index contributed by atoms with van der Waals surface area (Å²) in [7, 11) is 3.76. The van der Waals surface area contributed by atoms with E-state index >= 15 is 0 Å². The zero-order chi connectivity index (χ0) is 17.1.